The number of carbonyl (C=O) groups is 3. The third kappa shape index (κ3) is 10.2. The molecule has 1 heterocycles. The molecular weight excluding hydrogens is 637 g/mol. The SMILES string of the molecule is Cc1c(C(O)C(=O)NCCCCO[P@@](=O)(N[C@@H](C)C(=O)OC(C)C)Oc2ccccc2)c(C)n(C)c1C(=O)Nc1ccc(F)c(F)c1. The zero-order valence-corrected chi connectivity index (χ0v) is 28.0. The molecule has 47 heavy (non-hydrogen) atoms. The fraction of sp³-hybridized carbons (Fsp3) is 0.406. The average molecular weight is 679 g/mol. The molecule has 2 amide bonds. The van der Waals surface area contributed by atoms with Crippen molar-refractivity contribution in [3.05, 3.63) is 82.7 Å². The Morgan fingerprint density at radius 3 is 2.32 bits per heavy atom. The second-order valence-electron chi connectivity index (χ2n) is 11.1. The summed E-state index contributed by atoms with van der Waals surface area (Å²) < 4.78 is 58.2. The number of nitrogens with zero attached hydrogens (tertiary/aromatic N) is 1. The van der Waals surface area contributed by atoms with Crippen molar-refractivity contribution in [3.8, 4) is 5.75 Å². The van der Waals surface area contributed by atoms with E-state index in [0.29, 0.717) is 24.1 Å². The number of halogens is 2. The standard InChI is InChI=1S/C32H41F2N4O8P/c1-19(2)45-32(42)21(4)37-47(43,46-24-12-8-7-9-13-24)44-17-11-10-16-35-31(41)29(39)27-20(3)28(38(6)22(27)5)30(40)36-23-14-15-25(33)26(34)18-23/h7-9,12-15,18-19,21,29,39H,10-11,16-17H2,1-6H3,(H,35,41)(H,36,40)(H,37,43)/t21-,29?,47-/m0/s1. The molecule has 4 N–H and O–H groups in total. The molecule has 1 aromatic heterocycles. The lowest BCUT2D eigenvalue weighted by Gasteiger charge is -2.23. The molecule has 0 spiro atoms. The largest absolute Gasteiger partial charge is 0.462 e. The molecule has 1 unspecified atom stereocenters. The molecule has 0 saturated carbocycles. The lowest BCUT2D eigenvalue weighted by Crippen LogP contribution is -2.36. The van der Waals surface area contributed by atoms with Gasteiger partial charge in [-0.15, -0.1) is 0 Å². The van der Waals surface area contributed by atoms with E-state index in [2.05, 4.69) is 15.7 Å². The molecule has 0 saturated heterocycles. The van der Waals surface area contributed by atoms with Gasteiger partial charge >= 0.3 is 13.7 Å². The summed E-state index contributed by atoms with van der Waals surface area (Å²) in [6, 6.07) is 10.3. The van der Waals surface area contributed by atoms with E-state index < -0.39 is 49.3 Å². The maximum absolute atomic E-state index is 13.6. The Bertz CT molecular complexity index is 1620. The molecule has 0 aliphatic rings. The van der Waals surface area contributed by atoms with E-state index in [4.69, 9.17) is 13.8 Å². The highest BCUT2D eigenvalue weighted by atomic mass is 31.2. The number of carbonyl (C=O) groups excluding carboxylic acids is 3. The minimum Gasteiger partial charge on any atom is -0.462 e. The van der Waals surface area contributed by atoms with Crippen LogP contribution in [0.25, 0.3) is 0 Å². The zero-order valence-electron chi connectivity index (χ0n) is 27.1. The summed E-state index contributed by atoms with van der Waals surface area (Å²) in [7, 11) is -2.43. The molecule has 15 heteroatoms. The number of esters is 1. The predicted octanol–water partition coefficient (Wildman–Crippen LogP) is 5.24. The van der Waals surface area contributed by atoms with Crippen molar-refractivity contribution in [2.75, 3.05) is 18.5 Å². The number of anilines is 1. The van der Waals surface area contributed by atoms with Gasteiger partial charge in [0, 0.05) is 36.6 Å². The van der Waals surface area contributed by atoms with Crippen LogP contribution in [0.4, 0.5) is 14.5 Å². The van der Waals surface area contributed by atoms with Gasteiger partial charge in [0.25, 0.3) is 11.8 Å². The molecule has 3 aromatic rings. The van der Waals surface area contributed by atoms with Crippen molar-refractivity contribution in [2.24, 2.45) is 7.05 Å². The van der Waals surface area contributed by atoms with Crippen molar-refractivity contribution in [2.45, 2.75) is 65.7 Å². The summed E-state index contributed by atoms with van der Waals surface area (Å²) in [5.74, 6) is -3.86. The number of unbranched alkanes of at least 4 members (excludes halogenated alkanes) is 1. The molecule has 0 aliphatic heterocycles. The van der Waals surface area contributed by atoms with Gasteiger partial charge in [-0.05, 0) is 77.3 Å². The van der Waals surface area contributed by atoms with Crippen LogP contribution in [-0.2, 0) is 30.5 Å². The van der Waals surface area contributed by atoms with Crippen molar-refractivity contribution >= 4 is 31.2 Å². The van der Waals surface area contributed by atoms with Crippen LogP contribution in [0.1, 0.15) is 67.0 Å². The molecule has 256 valence electrons. The molecular formula is C32H41F2N4O8P. The first-order valence-corrected chi connectivity index (χ1v) is 16.5. The maximum Gasteiger partial charge on any atom is 0.459 e. The first-order chi connectivity index (χ1) is 22.1. The van der Waals surface area contributed by atoms with E-state index in [1.807, 2.05) is 0 Å². The van der Waals surface area contributed by atoms with Crippen LogP contribution in [0.5, 0.6) is 5.75 Å². The Hall–Kier alpha value is -4.10. The van der Waals surface area contributed by atoms with E-state index in [1.165, 1.54) is 17.6 Å². The molecule has 2 aromatic carbocycles. The normalized spacial score (nSPS) is 13.8. The van der Waals surface area contributed by atoms with Gasteiger partial charge in [-0.1, -0.05) is 18.2 Å². The highest BCUT2D eigenvalue weighted by molar-refractivity contribution is 7.52. The van der Waals surface area contributed by atoms with E-state index in [0.717, 1.165) is 12.1 Å². The van der Waals surface area contributed by atoms with E-state index in [9.17, 15) is 32.8 Å². The van der Waals surface area contributed by atoms with Gasteiger partial charge in [0.1, 0.15) is 17.5 Å². The topological polar surface area (TPSA) is 157 Å². The smallest absolute Gasteiger partial charge is 0.459 e. The summed E-state index contributed by atoms with van der Waals surface area (Å²) in [6.45, 7) is 8.17. The summed E-state index contributed by atoms with van der Waals surface area (Å²) in [5.41, 5.74) is 1.21. The first-order valence-electron chi connectivity index (χ1n) is 15.0. The van der Waals surface area contributed by atoms with Crippen LogP contribution in [0, 0.1) is 25.5 Å². The number of para-hydroxylation sites is 1. The van der Waals surface area contributed by atoms with Crippen LogP contribution < -0.4 is 20.2 Å². The Morgan fingerprint density at radius 2 is 1.68 bits per heavy atom. The fourth-order valence-electron chi connectivity index (χ4n) is 4.67. The van der Waals surface area contributed by atoms with Crippen molar-refractivity contribution in [1.29, 1.82) is 0 Å². The lowest BCUT2D eigenvalue weighted by atomic mass is 10.0. The minimum absolute atomic E-state index is 0.0397. The molecule has 3 atom stereocenters. The molecule has 0 radical (unpaired) electrons. The number of hydrogen-bond acceptors (Lipinski definition) is 8. The number of benzene rings is 2. The number of hydrogen-bond donors (Lipinski definition) is 4. The quantitative estimate of drug-likeness (QED) is 0.0904. The van der Waals surface area contributed by atoms with Crippen molar-refractivity contribution in [1.82, 2.24) is 15.0 Å². The number of aromatic nitrogens is 1. The van der Waals surface area contributed by atoms with Gasteiger partial charge in [0.15, 0.2) is 17.7 Å². The van der Waals surface area contributed by atoms with E-state index >= 15 is 0 Å². The molecule has 0 fully saturated rings. The molecule has 0 aliphatic carbocycles. The van der Waals surface area contributed by atoms with E-state index in [1.54, 1.807) is 65.1 Å². The number of ether oxygens (including phenoxy) is 1. The zero-order chi connectivity index (χ0) is 34.9. The second-order valence-corrected chi connectivity index (χ2v) is 12.8. The van der Waals surface area contributed by atoms with E-state index in [-0.39, 0.29) is 41.9 Å². The lowest BCUT2D eigenvalue weighted by molar-refractivity contribution is -0.149. The number of aliphatic hydroxyl groups is 1. The predicted molar refractivity (Wildman–Crippen MR) is 171 cm³/mol. The number of rotatable bonds is 16. The Labute approximate surface area is 272 Å². The first kappa shape index (κ1) is 37.4. The summed E-state index contributed by atoms with van der Waals surface area (Å²) in [4.78, 5) is 38.1. The van der Waals surface area contributed by atoms with Crippen LogP contribution in [0.2, 0.25) is 0 Å². The number of amides is 2. The fourth-order valence-corrected chi connectivity index (χ4v) is 6.20. The summed E-state index contributed by atoms with van der Waals surface area (Å²) in [6.07, 6.45) is -1.25. The Morgan fingerprint density at radius 1 is 1.00 bits per heavy atom. The molecule has 12 nitrogen and oxygen atoms in total. The molecule has 3 rings (SSSR count). The third-order valence-corrected chi connectivity index (χ3v) is 8.74. The van der Waals surface area contributed by atoms with Crippen LogP contribution in [-0.4, -0.2) is 52.8 Å². The van der Waals surface area contributed by atoms with Gasteiger partial charge in [0.05, 0.1) is 12.7 Å². The third-order valence-electron chi connectivity index (χ3n) is 7.06. The van der Waals surface area contributed by atoms with Gasteiger partial charge < -0.3 is 29.6 Å². The maximum atomic E-state index is 13.6. The van der Waals surface area contributed by atoms with Gasteiger partial charge in [-0.3, -0.25) is 18.9 Å². The summed E-state index contributed by atoms with van der Waals surface area (Å²) in [5, 5.41) is 18.6. The van der Waals surface area contributed by atoms with Crippen molar-refractivity contribution < 1.29 is 46.6 Å². The van der Waals surface area contributed by atoms with Crippen molar-refractivity contribution in [3.63, 3.8) is 0 Å². The van der Waals surface area contributed by atoms with Gasteiger partial charge in [-0.2, -0.15) is 5.09 Å². The van der Waals surface area contributed by atoms with Gasteiger partial charge in [0.2, 0.25) is 0 Å². The Balaban J connectivity index is 1.56. The average Bonchev–Trinajstić information content (AvgIpc) is 3.23. The monoisotopic (exact) mass is 678 g/mol. The highest BCUT2D eigenvalue weighted by Gasteiger charge is 2.33. The van der Waals surface area contributed by atoms with Crippen LogP contribution in [0.3, 0.4) is 0 Å². The van der Waals surface area contributed by atoms with Crippen LogP contribution in [0.15, 0.2) is 48.5 Å². The second kappa shape index (κ2) is 16.6. The van der Waals surface area contributed by atoms with Crippen LogP contribution >= 0.6 is 7.75 Å². The van der Waals surface area contributed by atoms with Gasteiger partial charge in [-0.25, -0.2) is 13.3 Å². The minimum atomic E-state index is -4.02. The molecule has 0 bridgehead atoms. The Kier molecular flexibility index (Phi) is 13.2. The highest BCUT2D eigenvalue weighted by Crippen LogP contribution is 2.45. The number of nitrogens with one attached hydrogen (secondary N) is 3. The summed E-state index contributed by atoms with van der Waals surface area (Å²) >= 11 is 0. The number of aliphatic hydroxyl groups excluding tert-OH is 1.